The third-order valence-corrected chi connectivity index (χ3v) is 2.46. The predicted octanol–water partition coefficient (Wildman–Crippen LogP) is 0.967. The minimum absolute atomic E-state index is 0.191. The SMILES string of the molecule is C=CCOC1COCCC1(OC)OC. The van der Waals surface area contributed by atoms with Crippen molar-refractivity contribution in [2.75, 3.05) is 34.0 Å². The van der Waals surface area contributed by atoms with E-state index in [1.807, 2.05) is 0 Å². The summed E-state index contributed by atoms with van der Waals surface area (Å²) in [7, 11) is 3.25. The van der Waals surface area contributed by atoms with Crippen molar-refractivity contribution in [1.82, 2.24) is 0 Å². The molecular weight excluding hydrogens is 184 g/mol. The normalized spacial score (nSPS) is 26.0. The Morgan fingerprint density at radius 1 is 1.50 bits per heavy atom. The van der Waals surface area contributed by atoms with Crippen LogP contribution in [0.1, 0.15) is 6.42 Å². The van der Waals surface area contributed by atoms with Crippen molar-refractivity contribution in [2.45, 2.75) is 18.3 Å². The predicted molar refractivity (Wildman–Crippen MR) is 52.1 cm³/mol. The highest BCUT2D eigenvalue weighted by Gasteiger charge is 2.43. The molecule has 0 aromatic rings. The average molecular weight is 202 g/mol. The van der Waals surface area contributed by atoms with Crippen molar-refractivity contribution >= 4 is 0 Å². The van der Waals surface area contributed by atoms with E-state index in [9.17, 15) is 0 Å². The average Bonchev–Trinajstić information content (AvgIpc) is 2.26. The van der Waals surface area contributed by atoms with E-state index in [0.717, 1.165) is 0 Å². The molecule has 0 N–H and O–H groups in total. The van der Waals surface area contributed by atoms with Crippen molar-refractivity contribution in [3.63, 3.8) is 0 Å². The van der Waals surface area contributed by atoms with Crippen molar-refractivity contribution in [3.8, 4) is 0 Å². The Kier molecular flexibility index (Phi) is 4.54. The van der Waals surface area contributed by atoms with Gasteiger partial charge in [-0.1, -0.05) is 6.08 Å². The quantitative estimate of drug-likeness (QED) is 0.491. The highest BCUT2D eigenvalue weighted by atomic mass is 16.7. The van der Waals surface area contributed by atoms with Gasteiger partial charge in [-0.25, -0.2) is 0 Å². The molecule has 1 atom stereocenters. The number of hydrogen-bond donors (Lipinski definition) is 0. The number of rotatable bonds is 5. The number of methoxy groups -OCH3 is 2. The molecule has 1 aliphatic rings. The topological polar surface area (TPSA) is 36.9 Å². The molecule has 1 saturated heterocycles. The van der Waals surface area contributed by atoms with Crippen LogP contribution in [0.2, 0.25) is 0 Å². The van der Waals surface area contributed by atoms with E-state index in [-0.39, 0.29) is 6.10 Å². The molecule has 14 heavy (non-hydrogen) atoms. The Morgan fingerprint density at radius 3 is 2.79 bits per heavy atom. The van der Waals surface area contributed by atoms with Gasteiger partial charge in [0.05, 0.1) is 19.8 Å². The van der Waals surface area contributed by atoms with Crippen LogP contribution in [-0.4, -0.2) is 45.9 Å². The summed E-state index contributed by atoms with van der Waals surface area (Å²) in [5.74, 6) is -0.665. The zero-order valence-electron chi connectivity index (χ0n) is 8.82. The molecule has 1 rings (SSSR count). The van der Waals surface area contributed by atoms with Crippen LogP contribution in [0.5, 0.6) is 0 Å². The Morgan fingerprint density at radius 2 is 2.21 bits per heavy atom. The Bertz CT molecular complexity index is 177. The van der Waals surface area contributed by atoms with Crippen molar-refractivity contribution < 1.29 is 18.9 Å². The molecular formula is C10H18O4. The maximum atomic E-state index is 5.54. The molecule has 1 fully saturated rings. The van der Waals surface area contributed by atoms with E-state index in [1.54, 1.807) is 20.3 Å². The summed E-state index contributed by atoms with van der Waals surface area (Å²) >= 11 is 0. The van der Waals surface area contributed by atoms with Gasteiger partial charge in [-0.15, -0.1) is 6.58 Å². The van der Waals surface area contributed by atoms with Crippen LogP contribution in [0.4, 0.5) is 0 Å². The lowest BCUT2D eigenvalue weighted by atomic mass is 10.0. The van der Waals surface area contributed by atoms with Crippen LogP contribution in [0, 0.1) is 0 Å². The van der Waals surface area contributed by atoms with Gasteiger partial charge in [0.1, 0.15) is 6.10 Å². The summed E-state index contributed by atoms with van der Waals surface area (Å²) in [6.45, 7) is 5.20. The number of ether oxygens (including phenoxy) is 4. The van der Waals surface area contributed by atoms with Crippen molar-refractivity contribution in [1.29, 1.82) is 0 Å². The zero-order valence-corrected chi connectivity index (χ0v) is 8.82. The van der Waals surface area contributed by atoms with Gasteiger partial charge in [0.25, 0.3) is 0 Å². The second-order valence-corrected chi connectivity index (χ2v) is 3.16. The zero-order chi connectivity index (χ0) is 10.4. The van der Waals surface area contributed by atoms with E-state index in [4.69, 9.17) is 18.9 Å². The summed E-state index contributed by atoms with van der Waals surface area (Å²) in [5.41, 5.74) is 0. The van der Waals surface area contributed by atoms with Crippen LogP contribution in [0.3, 0.4) is 0 Å². The van der Waals surface area contributed by atoms with E-state index in [1.165, 1.54) is 0 Å². The molecule has 0 aromatic heterocycles. The van der Waals surface area contributed by atoms with E-state index in [0.29, 0.717) is 26.2 Å². The van der Waals surface area contributed by atoms with Crippen LogP contribution < -0.4 is 0 Å². The minimum Gasteiger partial charge on any atom is -0.378 e. The molecule has 0 bridgehead atoms. The van der Waals surface area contributed by atoms with Crippen LogP contribution >= 0.6 is 0 Å². The molecule has 0 spiro atoms. The molecule has 4 nitrogen and oxygen atoms in total. The Balaban J connectivity index is 2.61. The molecule has 82 valence electrons. The molecule has 0 aliphatic carbocycles. The van der Waals surface area contributed by atoms with Crippen LogP contribution in [-0.2, 0) is 18.9 Å². The third-order valence-electron chi connectivity index (χ3n) is 2.46. The summed E-state index contributed by atoms with van der Waals surface area (Å²) in [5, 5.41) is 0. The van der Waals surface area contributed by atoms with Gasteiger partial charge in [-0.2, -0.15) is 0 Å². The minimum atomic E-state index is -0.665. The summed E-state index contributed by atoms with van der Waals surface area (Å²) in [6, 6.07) is 0. The van der Waals surface area contributed by atoms with Gasteiger partial charge in [-0.05, 0) is 0 Å². The first-order valence-corrected chi connectivity index (χ1v) is 4.69. The van der Waals surface area contributed by atoms with E-state index < -0.39 is 5.79 Å². The smallest absolute Gasteiger partial charge is 0.198 e. The molecule has 0 aromatic carbocycles. The molecule has 1 aliphatic heterocycles. The summed E-state index contributed by atoms with van der Waals surface area (Å²) in [6.07, 6.45) is 2.19. The third kappa shape index (κ3) is 2.33. The molecule has 0 radical (unpaired) electrons. The lowest BCUT2D eigenvalue weighted by Crippen LogP contribution is -2.53. The first-order valence-electron chi connectivity index (χ1n) is 4.69. The highest BCUT2D eigenvalue weighted by molar-refractivity contribution is 4.84. The summed E-state index contributed by atoms with van der Waals surface area (Å²) < 4.78 is 21.6. The standard InChI is InChI=1S/C10H18O4/c1-4-6-14-9-8-13-7-5-10(9,11-2)12-3/h4,9H,1,5-8H2,2-3H3. The first kappa shape index (κ1) is 11.7. The van der Waals surface area contributed by atoms with E-state index >= 15 is 0 Å². The molecule has 1 heterocycles. The van der Waals surface area contributed by atoms with Crippen molar-refractivity contribution in [3.05, 3.63) is 12.7 Å². The summed E-state index contributed by atoms with van der Waals surface area (Å²) in [4.78, 5) is 0. The first-order chi connectivity index (χ1) is 6.79. The fourth-order valence-corrected chi connectivity index (χ4v) is 1.60. The van der Waals surface area contributed by atoms with E-state index in [2.05, 4.69) is 6.58 Å². The van der Waals surface area contributed by atoms with Gasteiger partial charge in [0.15, 0.2) is 5.79 Å². The molecule has 4 heteroatoms. The highest BCUT2D eigenvalue weighted by Crippen LogP contribution is 2.27. The second kappa shape index (κ2) is 5.46. The van der Waals surface area contributed by atoms with Gasteiger partial charge >= 0.3 is 0 Å². The lowest BCUT2D eigenvalue weighted by Gasteiger charge is -2.40. The Hall–Kier alpha value is -0.420. The fraction of sp³-hybridized carbons (Fsp3) is 0.800. The van der Waals surface area contributed by atoms with Crippen LogP contribution in [0.25, 0.3) is 0 Å². The van der Waals surface area contributed by atoms with Crippen LogP contribution in [0.15, 0.2) is 12.7 Å². The van der Waals surface area contributed by atoms with Gasteiger partial charge in [0.2, 0.25) is 0 Å². The molecule has 0 amide bonds. The Labute approximate surface area is 84.8 Å². The maximum absolute atomic E-state index is 5.54. The second-order valence-electron chi connectivity index (χ2n) is 3.16. The lowest BCUT2D eigenvalue weighted by molar-refractivity contribution is -0.301. The van der Waals surface area contributed by atoms with Gasteiger partial charge in [0, 0.05) is 20.6 Å². The maximum Gasteiger partial charge on any atom is 0.198 e. The van der Waals surface area contributed by atoms with Gasteiger partial charge in [-0.3, -0.25) is 0 Å². The van der Waals surface area contributed by atoms with Gasteiger partial charge < -0.3 is 18.9 Å². The monoisotopic (exact) mass is 202 g/mol. The van der Waals surface area contributed by atoms with Crippen molar-refractivity contribution in [2.24, 2.45) is 0 Å². The molecule has 0 saturated carbocycles. The largest absolute Gasteiger partial charge is 0.378 e. The molecule has 1 unspecified atom stereocenters. The number of hydrogen-bond acceptors (Lipinski definition) is 4. The fourth-order valence-electron chi connectivity index (χ4n) is 1.60.